The quantitative estimate of drug-likeness (QED) is 0.892. The van der Waals surface area contributed by atoms with E-state index in [1.807, 2.05) is 6.07 Å². The van der Waals surface area contributed by atoms with Crippen LogP contribution >= 0.6 is 11.3 Å². The molecule has 1 aliphatic heterocycles. The summed E-state index contributed by atoms with van der Waals surface area (Å²) in [5, 5.41) is 10.7. The van der Waals surface area contributed by atoms with E-state index in [0.29, 0.717) is 16.6 Å². The third kappa shape index (κ3) is 4.27. The molecule has 7 nitrogen and oxygen atoms in total. The van der Waals surface area contributed by atoms with E-state index in [-0.39, 0.29) is 5.91 Å². The smallest absolute Gasteiger partial charge is 0.259 e. The highest BCUT2D eigenvalue weighted by molar-refractivity contribution is 7.13. The number of carbonyl (C=O) groups excluding carboxylic acids is 1. The average Bonchev–Trinajstić information content (AvgIpc) is 3.10. The lowest BCUT2D eigenvalue weighted by molar-refractivity contribution is 0.102. The van der Waals surface area contributed by atoms with Crippen LogP contribution in [0.15, 0.2) is 23.8 Å². The molecule has 1 saturated heterocycles. The Balaban J connectivity index is 1.56. The molecule has 2 aromatic rings. The highest BCUT2D eigenvalue weighted by Gasteiger charge is 2.19. The van der Waals surface area contributed by atoms with Crippen LogP contribution in [0.3, 0.4) is 0 Å². The number of amides is 1. The molecule has 0 aromatic carbocycles. The molecule has 1 fully saturated rings. The summed E-state index contributed by atoms with van der Waals surface area (Å²) in [6.45, 7) is 3.32. The van der Waals surface area contributed by atoms with Gasteiger partial charge in [0.05, 0.1) is 5.56 Å². The van der Waals surface area contributed by atoms with Gasteiger partial charge in [0.25, 0.3) is 5.91 Å². The van der Waals surface area contributed by atoms with Crippen LogP contribution in [0.1, 0.15) is 23.2 Å². The molecule has 1 N–H and O–H groups in total. The first-order valence-electron chi connectivity index (χ1n) is 8.05. The maximum absolute atomic E-state index is 12.1. The number of nitrogens with zero attached hydrogens (tertiary/aromatic N) is 5. The second-order valence-corrected chi connectivity index (χ2v) is 7.06. The molecule has 128 valence electrons. The Labute approximate surface area is 145 Å². The Bertz CT molecular complexity index is 652. The number of pyridine rings is 1. The number of carbonyl (C=O) groups is 1. The first-order chi connectivity index (χ1) is 11.6. The summed E-state index contributed by atoms with van der Waals surface area (Å²) in [5.74, 6) is 1.37. The molecule has 1 aliphatic rings. The van der Waals surface area contributed by atoms with Crippen molar-refractivity contribution in [2.24, 2.45) is 5.92 Å². The molecule has 0 unspecified atom stereocenters. The predicted octanol–water partition coefficient (Wildman–Crippen LogP) is 1.96. The molecule has 1 amide bonds. The Hall–Kier alpha value is -2.06. The van der Waals surface area contributed by atoms with Gasteiger partial charge in [-0.05, 0) is 51.0 Å². The van der Waals surface area contributed by atoms with Crippen molar-refractivity contribution in [3.8, 4) is 0 Å². The number of likely N-dealkylation sites (tertiary alicyclic amines) is 1. The molecular weight excluding hydrogens is 324 g/mol. The molecule has 0 atom stereocenters. The fourth-order valence-corrected chi connectivity index (χ4v) is 3.31. The van der Waals surface area contributed by atoms with Crippen molar-refractivity contribution >= 4 is 28.2 Å². The third-order valence-corrected chi connectivity index (χ3v) is 4.96. The van der Waals surface area contributed by atoms with Crippen molar-refractivity contribution in [3.63, 3.8) is 0 Å². The van der Waals surface area contributed by atoms with Gasteiger partial charge in [0.1, 0.15) is 11.3 Å². The van der Waals surface area contributed by atoms with E-state index in [2.05, 4.69) is 44.4 Å². The van der Waals surface area contributed by atoms with Crippen LogP contribution in [0, 0.1) is 5.92 Å². The van der Waals surface area contributed by atoms with Gasteiger partial charge in [-0.25, -0.2) is 4.98 Å². The van der Waals surface area contributed by atoms with Crippen LogP contribution in [-0.4, -0.2) is 59.7 Å². The molecule has 0 aliphatic carbocycles. The summed E-state index contributed by atoms with van der Waals surface area (Å²) >= 11 is 1.29. The van der Waals surface area contributed by atoms with Gasteiger partial charge in [-0.15, -0.1) is 10.2 Å². The van der Waals surface area contributed by atoms with Gasteiger partial charge in [-0.2, -0.15) is 0 Å². The molecule has 3 heterocycles. The standard InChI is InChI=1S/C16H22N6OS/c1-21-7-5-12(6-8-21)10-22(2)14-4-3-13(9-17-14)15(23)19-16-20-18-11-24-16/h3-4,9,11-12H,5-8,10H2,1-2H3,(H,19,20,23). The van der Waals surface area contributed by atoms with Crippen molar-refractivity contribution in [2.75, 3.05) is 43.9 Å². The highest BCUT2D eigenvalue weighted by atomic mass is 32.1. The largest absolute Gasteiger partial charge is 0.359 e. The third-order valence-electron chi connectivity index (χ3n) is 4.35. The van der Waals surface area contributed by atoms with Crippen LogP contribution in [-0.2, 0) is 0 Å². The van der Waals surface area contributed by atoms with E-state index in [9.17, 15) is 4.79 Å². The predicted molar refractivity (Wildman–Crippen MR) is 95.6 cm³/mol. The Kier molecular flexibility index (Phi) is 5.37. The number of rotatable bonds is 5. The van der Waals surface area contributed by atoms with E-state index in [0.717, 1.165) is 25.5 Å². The zero-order chi connectivity index (χ0) is 16.9. The number of hydrogen-bond donors (Lipinski definition) is 1. The molecular formula is C16H22N6OS. The highest BCUT2D eigenvalue weighted by Crippen LogP contribution is 2.20. The minimum Gasteiger partial charge on any atom is -0.359 e. The minimum absolute atomic E-state index is 0.219. The van der Waals surface area contributed by atoms with Gasteiger partial charge in [-0.1, -0.05) is 11.3 Å². The lowest BCUT2D eigenvalue weighted by atomic mass is 9.97. The van der Waals surface area contributed by atoms with E-state index < -0.39 is 0 Å². The summed E-state index contributed by atoms with van der Waals surface area (Å²) in [5.41, 5.74) is 2.09. The normalized spacial score (nSPS) is 16.1. The van der Waals surface area contributed by atoms with Crippen LogP contribution < -0.4 is 10.2 Å². The molecule has 0 bridgehead atoms. The molecule has 2 aromatic heterocycles. The zero-order valence-corrected chi connectivity index (χ0v) is 14.8. The van der Waals surface area contributed by atoms with Crippen molar-refractivity contribution < 1.29 is 4.79 Å². The number of anilines is 2. The van der Waals surface area contributed by atoms with E-state index in [4.69, 9.17) is 0 Å². The van der Waals surface area contributed by atoms with Crippen molar-refractivity contribution in [2.45, 2.75) is 12.8 Å². The Morgan fingerprint density at radius 3 is 2.83 bits per heavy atom. The maximum Gasteiger partial charge on any atom is 0.259 e. The summed E-state index contributed by atoms with van der Waals surface area (Å²) in [7, 11) is 4.23. The van der Waals surface area contributed by atoms with Gasteiger partial charge in [0.2, 0.25) is 5.13 Å². The molecule has 3 rings (SSSR count). The number of hydrogen-bond acceptors (Lipinski definition) is 7. The van der Waals surface area contributed by atoms with Crippen LogP contribution in [0.25, 0.3) is 0 Å². The average molecular weight is 346 g/mol. The second kappa shape index (κ2) is 7.67. The fraction of sp³-hybridized carbons (Fsp3) is 0.500. The lowest BCUT2D eigenvalue weighted by Gasteiger charge is -2.32. The summed E-state index contributed by atoms with van der Waals surface area (Å²) < 4.78 is 0. The maximum atomic E-state index is 12.1. The van der Waals surface area contributed by atoms with E-state index in [1.165, 1.54) is 24.2 Å². The molecule has 0 spiro atoms. The summed E-state index contributed by atoms with van der Waals surface area (Å²) in [6.07, 6.45) is 4.06. The molecule has 0 radical (unpaired) electrons. The Morgan fingerprint density at radius 2 is 2.21 bits per heavy atom. The summed E-state index contributed by atoms with van der Waals surface area (Å²) in [6, 6.07) is 3.69. The molecule has 8 heteroatoms. The van der Waals surface area contributed by atoms with Gasteiger partial charge in [-0.3, -0.25) is 10.1 Å². The van der Waals surface area contributed by atoms with Crippen LogP contribution in [0.2, 0.25) is 0 Å². The Morgan fingerprint density at radius 1 is 1.42 bits per heavy atom. The zero-order valence-electron chi connectivity index (χ0n) is 14.0. The van der Waals surface area contributed by atoms with Crippen molar-refractivity contribution in [1.29, 1.82) is 0 Å². The number of piperidine rings is 1. The van der Waals surface area contributed by atoms with Gasteiger partial charge in [0, 0.05) is 19.8 Å². The first kappa shape index (κ1) is 16.8. The number of aromatic nitrogens is 3. The van der Waals surface area contributed by atoms with E-state index in [1.54, 1.807) is 17.8 Å². The number of nitrogens with one attached hydrogen (secondary N) is 1. The van der Waals surface area contributed by atoms with Gasteiger partial charge >= 0.3 is 0 Å². The topological polar surface area (TPSA) is 74.2 Å². The molecule has 24 heavy (non-hydrogen) atoms. The van der Waals surface area contributed by atoms with Gasteiger partial charge in [0.15, 0.2) is 0 Å². The van der Waals surface area contributed by atoms with Crippen LogP contribution in [0.5, 0.6) is 0 Å². The monoisotopic (exact) mass is 346 g/mol. The van der Waals surface area contributed by atoms with E-state index >= 15 is 0 Å². The van der Waals surface area contributed by atoms with Crippen molar-refractivity contribution in [3.05, 3.63) is 29.4 Å². The first-order valence-corrected chi connectivity index (χ1v) is 8.93. The lowest BCUT2D eigenvalue weighted by Crippen LogP contribution is -2.36. The second-order valence-electron chi connectivity index (χ2n) is 6.23. The van der Waals surface area contributed by atoms with Crippen LogP contribution in [0.4, 0.5) is 10.9 Å². The van der Waals surface area contributed by atoms with Gasteiger partial charge < -0.3 is 9.80 Å². The SMILES string of the molecule is CN1CCC(CN(C)c2ccc(C(=O)Nc3nncs3)cn2)CC1. The van der Waals surface area contributed by atoms with Crippen molar-refractivity contribution in [1.82, 2.24) is 20.1 Å². The molecule has 0 saturated carbocycles. The fourth-order valence-electron chi connectivity index (χ4n) is 2.87. The minimum atomic E-state index is -0.219. The summed E-state index contributed by atoms with van der Waals surface area (Å²) in [4.78, 5) is 21.1.